The molecule has 0 radical (unpaired) electrons. The van der Waals surface area contributed by atoms with Crippen LogP contribution in [0, 0.1) is 5.92 Å². The first kappa shape index (κ1) is 15.5. The molecule has 0 amide bonds. The van der Waals surface area contributed by atoms with Gasteiger partial charge in [0, 0.05) is 12.1 Å². The first-order valence-corrected chi connectivity index (χ1v) is 8.24. The van der Waals surface area contributed by atoms with E-state index < -0.39 is 0 Å². The summed E-state index contributed by atoms with van der Waals surface area (Å²) in [7, 11) is 2.31. The van der Waals surface area contributed by atoms with Crippen LogP contribution in [0.4, 0.5) is 0 Å². The predicted molar refractivity (Wildman–Crippen MR) is 86.7 cm³/mol. The van der Waals surface area contributed by atoms with Crippen LogP contribution >= 0.6 is 0 Å². The summed E-state index contributed by atoms with van der Waals surface area (Å²) in [5, 5.41) is 0. The van der Waals surface area contributed by atoms with Crippen LogP contribution in [-0.4, -0.2) is 24.5 Å². The van der Waals surface area contributed by atoms with Crippen molar-refractivity contribution in [2.45, 2.75) is 57.5 Å². The molecule has 1 aliphatic rings. The van der Waals surface area contributed by atoms with Crippen LogP contribution in [0.3, 0.4) is 0 Å². The number of rotatable bonds is 6. The Morgan fingerprint density at radius 1 is 1.20 bits per heavy atom. The Kier molecular flexibility index (Phi) is 6.06. The smallest absolute Gasteiger partial charge is 0.0348 e. The van der Waals surface area contributed by atoms with Gasteiger partial charge in [0.2, 0.25) is 0 Å². The van der Waals surface area contributed by atoms with Crippen molar-refractivity contribution >= 4 is 0 Å². The maximum absolute atomic E-state index is 6.02. The molecular weight excluding hydrogens is 244 g/mol. The van der Waals surface area contributed by atoms with E-state index in [-0.39, 0.29) is 0 Å². The van der Waals surface area contributed by atoms with Crippen molar-refractivity contribution in [2.24, 2.45) is 11.7 Å². The average Bonchev–Trinajstić information content (AvgIpc) is 2.52. The van der Waals surface area contributed by atoms with Crippen LogP contribution in [0.5, 0.6) is 0 Å². The Morgan fingerprint density at radius 3 is 2.55 bits per heavy atom. The van der Waals surface area contributed by atoms with Crippen LogP contribution in [0.1, 0.15) is 57.1 Å². The predicted octanol–water partition coefficient (Wildman–Crippen LogP) is 3.98. The molecule has 0 aromatic heterocycles. The fourth-order valence-corrected chi connectivity index (χ4v) is 3.78. The molecule has 1 aliphatic carbocycles. The molecule has 2 heteroatoms. The first-order chi connectivity index (χ1) is 9.77. The lowest BCUT2D eigenvalue weighted by atomic mass is 9.82. The molecule has 0 spiro atoms. The summed E-state index contributed by atoms with van der Waals surface area (Å²) in [6, 6.07) is 12.2. The van der Waals surface area contributed by atoms with E-state index in [1.807, 2.05) is 0 Å². The lowest BCUT2D eigenvalue weighted by Crippen LogP contribution is -2.44. The molecular formula is C18H30N2. The highest BCUT2D eigenvalue weighted by molar-refractivity contribution is 5.19. The van der Waals surface area contributed by atoms with Crippen LogP contribution in [-0.2, 0) is 0 Å². The van der Waals surface area contributed by atoms with Gasteiger partial charge in [-0.05, 0) is 44.3 Å². The molecule has 3 unspecified atom stereocenters. The molecule has 2 N–H and O–H groups in total. The maximum Gasteiger partial charge on any atom is 0.0348 e. The second kappa shape index (κ2) is 7.80. The highest BCUT2D eigenvalue weighted by Gasteiger charge is 2.31. The number of hydrogen-bond donors (Lipinski definition) is 1. The van der Waals surface area contributed by atoms with Crippen LogP contribution in [0.2, 0.25) is 0 Å². The molecule has 0 aliphatic heterocycles. The third-order valence-corrected chi connectivity index (χ3v) is 4.93. The fraction of sp³-hybridized carbons (Fsp3) is 0.667. The Balaban J connectivity index is 2.15. The van der Waals surface area contributed by atoms with Gasteiger partial charge in [-0.25, -0.2) is 0 Å². The highest BCUT2D eigenvalue weighted by atomic mass is 15.2. The van der Waals surface area contributed by atoms with Crippen molar-refractivity contribution in [1.29, 1.82) is 0 Å². The van der Waals surface area contributed by atoms with Gasteiger partial charge in [0.05, 0.1) is 0 Å². The summed E-state index contributed by atoms with van der Waals surface area (Å²) in [5.74, 6) is 0.678. The zero-order valence-electron chi connectivity index (χ0n) is 13.1. The topological polar surface area (TPSA) is 29.3 Å². The van der Waals surface area contributed by atoms with Gasteiger partial charge in [-0.15, -0.1) is 0 Å². The van der Waals surface area contributed by atoms with E-state index >= 15 is 0 Å². The molecule has 20 heavy (non-hydrogen) atoms. The Labute approximate surface area is 124 Å². The summed E-state index contributed by atoms with van der Waals surface area (Å²) < 4.78 is 0. The maximum atomic E-state index is 6.02. The summed E-state index contributed by atoms with van der Waals surface area (Å²) in [5.41, 5.74) is 7.47. The molecule has 0 heterocycles. The third-order valence-electron chi connectivity index (χ3n) is 4.93. The zero-order chi connectivity index (χ0) is 14.4. The second-order valence-corrected chi connectivity index (χ2v) is 6.23. The Bertz CT molecular complexity index is 376. The molecule has 2 rings (SSSR count). The minimum atomic E-state index is 0.540. The standard InChI is InChI=1S/C18H30N2/c1-3-9-17(15-10-5-4-6-11-15)20(2)18-13-8-7-12-16(18)14-19/h4-6,10-11,16-18H,3,7-9,12-14,19H2,1-2H3. The largest absolute Gasteiger partial charge is 0.330 e. The van der Waals surface area contributed by atoms with Gasteiger partial charge in [-0.1, -0.05) is 56.5 Å². The average molecular weight is 274 g/mol. The summed E-state index contributed by atoms with van der Waals surface area (Å²) in [4.78, 5) is 2.62. The molecule has 1 aromatic rings. The summed E-state index contributed by atoms with van der Waals surface area (Å²) in [6.07, 6.45) is 7.79. The van der Waals surface area contributed by atoms with Crippen LogP contribution < -0.4 is 5.73 Å². The van der Waals surface area contributed by atoms with Gasteiger partial charge >= 0.3 is 0 Å². The molecule has 0 saturated heterocycles. The van der Waals surface area contributed by atoms with E-state index in [4.69, 9.17) is 5.73 Å². The van der Waals surface area contributed by atoms with Crippen molar-refractivity contribution in [3.05, 3.63) is 35.9 Å². The van der Waals surface area contributed by atoms with E-state index in [1.165, 1.54) is 44.1 Å². The number of hydrogen-bond acceptors (Lipinski definition) is 2. The number of benzene rings is 1. The van der Waals surface area contributed by atoms with E-state index in [0.717, 1.165) is 6.54 Å². The molecule has 1 fully saturated rings. The molecule has 3 atom stereocenters. The first-order valence-electron chi connectivity index (χ1n) is 8.24. The van der Waals surface area contributed by atoms with E-state index in [0.29, 0.717) is 18.0 Å². The Morgan fingerprint density at radius 2 is 1.90 bits per heavy atom. The molecule has 2 nitrogen and oxygen atoms in total. The lowest BCUT2D eigenvalue weighted by Gasteiger charge is -2.42. The Hall–Kier alpha value is -0.860. The third kappa shape index (κ3) is 3.62. The molecule has 0 bridgehead atoms. The minimum absolute atomic E-state index is 0.540. The summed E-state index contributed by atoms with van der Waals surface area (Å²) >= 11 is 0. The zero-order valence-corrected chi connectivity index (χ0v) is 13.1. The van der Waals surface area contributed by atoms with Gasteiger partial charge in [-0.2, -0.15) is 0 Å². The summed E-state index contributed by atoms with van der Waals surface area (Å²) in [6.45, 7) is 3.12. The normalized spacial score (nSPS) is 24.8. The van der Waals surface area contributed by atoms with Gasteiger partial charge in [0.25, 0.3) is 0 Å². The SMILES string of the molecule is CCCC(c1ccccc1)N(C)C1CCCCC1CN. The molecule has 1 saturated carbocycles. The highest BCUT2D eigenvalue weighted by Crippen LogP contribution is 2.34. The van der Waals surface area contributed by atoms with E-state index in [9.17, 15) is 0 Å². The van der Waals surface area contributed by atoms with Crippen molar-refractivity contribution in [3.63, 3.8) is 0 Å². The van der Waals surface area contributed by atoms with Crippen molar-refractivity contribution < 1.29 is 0 Å². The number of nitrogens with two attached hydrogens (primary N) is 1. The van der Waals surface area contributed by atoms with E-state index in [1.54, 1.807) is 0 Å². The molecule has 1 aromatic carbocycles. The van der Waals surface area contributed by atoms with Crippen molar-refractivity contribution in [2.75, 3.05) is 13.6 Å². The van der Waals surface area contributed by atoms with Gasteiger partial charge in [0.1, 0.15) is 0 Å². The molecule has 112 valence electrons. The number of nitrogens with zero attached hydrogens (tertiary/aromatic N) is 1. The van der Waals surface area contributed by atoms with Gasteiger partial charge in [-0.3, -0.25) is 4.90 Å². The van der Waals surface area contributed by atoms with Crippen LogP contribution in [0.25, 0.3) is 0 Å². The quantitative estimate of drug-likeness (QED) is 0.850. The monoisotopic (exact) mass is 274 g/mol. The van der Waals surface area contributed by atoms with Gasteiger partial charge in [0.15, 0.2) is 0 Å². The van der Waals surface area contributed by atoms with E-state index in [2.05, 4.69) is 49.2 Å². The van der Waals surface area contributed by atoms with Crippen molar-refractivity contribution in [1.82, 2.24) is 4.90 Å². The van der Waals surface area contributed by atoms with Crippen LogP contribution in [0.15, 0.2) is 30.3 Å². The fourth-order valence-electron chi connectivity index (χ4n) is 3.78. The van der Waals surface area contributed by atoms with Crippen molar-refractivity contribution in [3.8, 4) is 0 Å². The van der Waals surface area contributed by atoms with Gasteiger partial charge < -0.3 is 5.73 Å². The lowest BCUT2D eigenvalue weighted by molar-refractivity contribution is 0.0869. The minimum Gasteiger partial charge on any atom is -0.330 e. The second-order valence-electron chi connectivity index (χ2n) is 6.23.